The number of aliphatic hydroxyl groups excluding tert-OH is 1. The quantitative estimate of drug-likeness (QED) is 0.903. The minimum absolute atomic E-state index is 0.0803. The molecule has 1 aromatic rings. The maximum atomic E-state index is 9.55. The van der Waals surface area contributed by atoms with Crippen molar-refractivity contribution in [3.8, 4) is 0 Å². The summed E-state index contributed by atoms with van der Waals surface area (Å²) in [6, 6.07) is 6.97. The lowest BCUT2D eigenvalue weighted by molar-refractivity contribution is 0.122. The van der Waals surface area contributed by atoms with Crippen molar-refractivity contribution in [2.75, 3.05) is 11.9 Å². The standard InChI is InChI=1S/C14H20BrNO/c1-10-3-4-11(15)9-14(10)16(2)12-5-7-13(17)8-6-12/h3-4,9,12-13,17H,5-8H2,1-2H3. The van der Waals surface area contributed by atoms with Crippen molar-refractivity contribution < 1.29 is 5.11 Å². The number of halogens is 1. The van der Waals surface area contributed by atoms with Gasteiger partial charge in [0, 0.05) is 23.2 Å². The molecule has 0 bridgehead atoms. The Balaban J connectivity index is 2.13. The summed E-state index contributed by atoms with van der Waals surface area (Å²) in [4.78, 5) is 2.37. The molecule has 17 heavy (non-hydrogen) atoms. The van der Waals surface area contributed by atoms with E-state index in [2.05, 4.69) is 53.0 Å². The van der Waals surface area contributed by atoms with E-state index in [-0.39, 0.29) is 6.10 Å². The highest BCUT2D eigenvalue weighted by Crippen LogP contribution is 2.30. The minimum Gasteiger partial charge on any atom is -0.393 e. The molecular weight excluding hydrogens is 278 g/mol. The van der Waals surface area contributed by atoms with Gasteiger partial charge in [-0.25, -0.2) is 0 Å². The molecular formula is C14H20BrNO. The molecule has 0 atom stereocenters. The third-order valence-corrected chi connectivity index (χ3v) is 4.26. The number of hydrogen-bond donors (Lipinski definition) is 1. The molecule has 1 N–H and O–H groups in total. The van der Waals surface area contributed by atoms with Crippen LogP contribution in [0, 0.1) is 6.92 Å². The van der Waals surface area contributed by atoms with Gasteiger partial charge >= 0.3 is 0 Å². The first kappa shape index (κ1) is 12.9. The summed E-state index contributed by atoms with van der Waals surface area (Å²) in [5, 5.41) is 9.55. The van der Waals surface area contributed by atoms with E-state index in [1.165, 1.54) is 11.3 Å². The van der Waals surface area contributed by atoms with Gasteiger partial charge in [-0.1, -0.05) is 22.0 Å². The van der Waals surface area contributed by atoms with Gasteiger partial charge in [0.05, 0.1) is 6.10 Å². The zero-order valence-electron chi connectivity index (χ0n) is 10.5. The zero-order chi connectivity index (χ0) is 12.4. The molecule has 1 fully saturated rings. The predicted molar refractivity (Wildman–Crippen MR) is 75.5 cm³/mol. The van der Waals surface area contributed by atoms with Gasteiger partial charge < -0.3 is 10.0 Å². The lowest BCUT2D eigenvalue weighted by Gasteiger charge is -2.35. The summed E-state index contributed by atoms with van der Waals surface area (Å²) in [5.74, 6) is 0. The second-order valence-electron chi connectivity index (χ2n) is 5.00. The molecule has 1 aromatic carbocycles. The van der Waals surface area contributed by atoms with Gasteiger partial charge in [-0.2, -0.15) is 0 Å². The van der Waals surface area contributed by atoms with Crippen LogP contribution in [0.5, 0.6) is 0 Å². The van der Waals surface area contributed by atoms with Gasteiger partial charge in [0.15, 0.2) is 0 Å². The summed E-state index contributed by atoms with van der Waals surface area (Å²) < 4.78 is 1.13. The molecule has 3 heteroatoms. The highest BCUT2D eigenvalue weighted by molar-refractivity contribution is 9.10. The van der Waals surface area contributed by atoms with Crippen molar-refractivity contribution >= 4 is 21.6 Å². The molecule has 0 unspecified atom stereocenters. The first-order valence-electron chi connectivity index (χ1n) is 6.25. The highest BCUT2D eigenvalue weighted by Gasteiger charge is 2.23. The summed E-state index contributed by atoms with van der Waals surface area (Å²) in [5.41, 5.74) is 2.60. The molecule has 0 spiro atoms. The van der Waals surface area contributed by atoms with Crippen molar-refractivity contribution in [1.82, 2.24) is 0 Å². The van der Waals surface area contributed by atoms with Gasteiger partial charge in [0.25, 0.3) is 0 Å². The van der Waals surface area contributed by atoms with Crippen LogP contribution in [0.4, 0.5) is 5.69 Å². The van der Waals surface area contributed by atoms with Crippen molar-refractivity contribution in [2.24, 2.45) is 0 Å². The summed E-state index contributed by atoms with van der Waals surface area (Å²) in [6.45, 7) is 2.15. The minimum atomic E-state index is -0.0803. The normalized spacial score (nSPS) is 24.7. The Labute approximate surface area is 112 Å². The number of anilines is 1. The van der Waals surface area contributed by atoms with E-state index in [0.29, 0.717) is 6.04 Å². The number of aryl methyl sites for hydroxylation is 1. The molecule has 0 aliphatic heterocycles. The molecule has 0 aromatic heterocycles. The number of nitrogens with zero attached hydrogens (tertiary/aromatic N) is 1. The first-order chi connectivity index (χ1) is 8.08. The predicted octanol–water partition coefficient (Wildman–Crippen LogP) is 3.50. The van der Waals surface area contributed by atoms with Gasteiger partial charge in [0.2, 0.25) is 0 Å². The molecule has 1 saturated carbocycles. The average molecular weight is 298 g/mol. The fraction of sp³-hybridized carbons (Fsp3) is 0.571. The number of aliphatic hydroxyl groups is 1. The number of benzene rings is 1. The zero-order valence-corrected chi connectivity index (χ0v) is 12.1. The van der Waals surface area contributed by atoms with Crippen molar-refractivity contribution in [2.45, 2.75) is 44.8 Å². The first-order valence-corrected chi connectivity index (χ1v) is 7.04. The van der Waals surface area contributed by atoms with Crippen LogP contribution in [0.25, 0.3) is 0 Å². The Bertz CT molecular complexity index is 386. The number of rotatable bonds is 2. The van der Waals surface area contributed by atoms with Crippen LogP contribution in [-0.4, -0.2) is 24.3 Å². The third-order valence-electron chi connectivity index (χ3n) is 3.77. The van der Waals surface area contributed by atoms with E-state index >= 15 is 0 Å². The SMILES string of the molecule is Cc1ccc(Br)cc1N(C)C1CCC(O)CC1. The Hall–Kier alpha value is -0.540. The molecule has 2 nitrogen and oxygen atoms in total. The van der Waals surface area contributed by atoms with E-state index in [9.17, 15) is 5.11 Å². The van der Waals surface area contributed by atoms with Crippen molar-refractivity contribution in [3.05, 3.63) is 28.2 Å². The topological polar surface area (TPSA) is 23.5 Å². The van der Waals surface area contributed by atoms with Gasteiger partial charge in [-0.05, 0) is 50.3 Å². The van der Waals surface area contributed by atoms with Gasteiger partial charge in [-0.3, -0.25) is 0 Å². The highest BCUT2D eigenvalue weighted by atomic mass is 79.9. The van der Waals surface area contributed by atoms with Crippen LogP contribution in [0.2, 0.25) is 0 Å². The van der Waals surface area contributed by atoms with Crippen molar-refractivity contribution in [3.63, 3.8) is 0 Å². The van der Waals surface area contributed by atoms with Crippen LogP contribution in [0.1, 0.15) is 31.2 Å². The second kappa shape index (κ2) is 5.40. The smallest absolute Gasteiger partial charge is 0.0541 e. The summed E-state index contributed by atoms with van der Waals surface area (Å²) in [6.07, 6.45) is 3.96. The monoisotopic (exact) mass is 297 g/mol. The lowest BCUT2D eigenvalue weighted by Crippen LogP contribution is -2.36. The van der Waals surface area contributed by atoms with Gasteiger partial charge in [-0.15, -0.1) is 0 Å². The van der Waals surface area contributed by atoms with E-state index in [0.717, 1.165) is 30.2 Å². The maximum absolute atomic E-state index is 9.55. The average Bonchev–Trinajstić information content (AvgIpc) is 2.32. The van der Waals surface area contributed by atoms with Crippen LogP contribution < -0.4 is 4.90 Å². The summed E-state index contributed by atoms with van der Waals surface area (Å²) in [7, 11) is 2.16. The molecule has 0 saturated heterocycles. The molecule has 1 aliphatic carbocycles. The second-order valence-corrected chi connectivity index (χ2v) is 5.92. The molecule has 2 rings (SSSR count). The third kappa shape index (κ3) is 3.02. The van der Waals surface area contributed by atoms with Crippen LogP contribution in [0.15, 0.2) is 22.7 Å². The Morgan fingerprint density at radius 3 is 2.53 bits per heavy atom. The lowest BCUT2D eigenvalue weighted by atomic mass is 9.91. The molecule has 0 amide bonds. The fourth-order valence-electron chi connectivity index (χ4n) is 2.60. The van der Waals surface area contributed by atoms with E-state index in [1.54, 1.807) is 0 Å². The molecule has 0 radical (unpaired) electrons. The van der Waals surface area contributed by atoms with Crippen LogP contribution >= 0.6 is 15.9 Å². The Morgan fingerprint density at radius 1 is 1.24 bits per heavy atom. The molecule has 1 aliphatic rings. The number of hydrogen-bond acceptors (Lipinski definition) is 2. The van der Waals surface area contributed by atoms with E-state index < -0.39 is 0 Å². The van der Waals surface area contributed by atoms with Crippen LogP contribution in [0.3, 0.4) is 0 Å². The van der Waals surface area contributed by atoms with E-state index in [4.69, 9.17) is 0 Å². The Kier molecular flexibility index (Phi) is 4.10. The maximum Gasteiger partial charge on any atom is 0.0541 e. The van der Waals surface area contributed by atoms with Gasteiger partial charge in [0.1, 0.15) is 0 Å². The largest absolute Gasteiger partial charge is 0.393 e. The molecule has 94 valence electrons. The van der Waals surface area contributed by atoms with Crippen molar-refractivity contribution in [1.29, 1.82) is 0 Å². The Morgan fingerprint density at radius 2 is 1.88 bits per heavy atom. The van der Waals surface area contributed by atoms with E-state index in [1.807, 2.05) is 0 Å². The van der Waals surface area contributed by atoms with Crippen LogP contribution in [-0.2, 0) is 0 Å². The fourth-order valence-corrected chi connectivity index (χ4v) is 2.95. The summed E-state index contributed by atoms with van der Waals surface area (Å²) >= 11 is 3.53. The molecule has 0 heterocycles.